The van der Waals surface area contributed by atoms with Gasteiger partial charge in [0, 0.05) is 5.56 Å². The van der Waals surface area contributed by atoms with Gasteiger partial charge >= 0.3 is 0 Å². The summed E-state index contributed by atoms with van der Waals surface area (Å²) in [6, 6.07) is 13.4. The molecule has 2 aromatic carbocycles. The number of rotatable bonds is 6. The molecule has 2 heterocycles. The van der Waals surface area contributed by atoms with Crippen LogP contribution in [0.2, 0.25) is 0 Å². The van der Waals surface area contributed by atoms with Crippen molar-refractivity contribution in [3.05, 3.63) is 94.2 Å². The third kappa shape index (κ3) is 3.91. The second kappa shape index (κ2) is 8.23. The third-order valence-corrected chi connectivity index (χ3v) is 5.67. The topological polar surface area (TPSA) is 65.1 Å². The summed E-state index contributed by atoms with van der Waals surface area (Å²) >= 11 is 1.08. The molecule has 0 aliphatic heterocycles. The van der Waals surface area contributed by atoms with E-state index >= 15 is 0 Å². The van der Waals surface area contributed by atoms with E-state index in [2.05, 4.69) is 4.98 Å². The van der Waals surface area contributed by atoms with Gasteiger partial charge in [0.15, 0.2) is 22.6 Å². The van der Waals surface area contributed by atoms with Gasteiger partial charge in [-0.3, -0.25) is 14.2 Å². The van der Waals surface area contributed by atoms with Gasteiger partial charge in [0.05, 0.1) is 29.0 Å². The van der Waals surface area contributed by atoms with Gasteiger partial charge in [0.25, 0.3) is 5.56 Å². The number of aromatic nitrogens is 2. The van der Waals surface area contributed by atoms with Gasteiger partial charge in [-0.15, -0.1) is 0 Å². The Bertz CT molecular complexity index is 1290. The number of furan rings is 1. The fourth-order valence-electron chi connectivity index (χ4n) is 3.03. The maximum atomic E-state index is 13.5. The molecule has 0 N–H and O–H groups in total. The van der Waals surface area contributed by atoms with Crippen LogP contribution in [0.25, 0.3) is 10.9 Å². The molecule has 1 unspecified atom stereocenters. The number of ketones is 1. The molecule has 1 atom stereocenters. The van der Waals surface area contributed by atoms with Gasteiger partial charge in [0.2, 0.25) is 0 Å². The summed E-state index contributed by atoms with van der Waals surface area (Å²) in [6.07, 6.45) is 1.51. The minimum atomic E-state index is -1.09. The predicted octanol–water partition coefficient (Wildman–Crippen LogP) is 4.68. The Hall–Kier alpha value is -3.26. The van der Waals surface area contributed by atoms with Crippen molar-refractivity contribution in [2.24, 2.45) is 0 Å². The van der Waals surface area contributed by atoms with E-state index in [1.165, 1.54) is 16.9 Å². The Morgan fingerprint density at radius 1 is 1.13 bits per heavy atom. The summed E-state index contributed by atoms with van der Waals surface area (Å²) in [7, 11) is 0. The molecule has 5 nitrogen and oxygen atoms in total. The lowest BCUT2D eigenvalue weighted by Crippen LogP contribution is -2.25. The first-order valence-corrected chi connectivity index (χ1v) is 10.00. The zero-order valence-electron chi connectivity index (χ0n) is 15.8. The van der Waals surface area contributed by atoms with E-state index in [1.54, 1.807) is 43.3 Å². The van der Waals surface area contributed by atoms with Gasteiger partial charge in [0.1, 0.15) is 5.76 Å². The minimum Gasteiger partial charge on any atom is -0.467 e. The standard InChI is InChI=1S/C22H16F2N2O3S/c1-13(20(27)14-8-9-17(23)18(24)11-14)30-22-25-19-7-3-2-6-16(19)21(28)26(22)12-15-5-4-10-29-15/h2-11,13H,12H2,1H3. The molecule has 0 fully saturated rings. The number of benzene rings is 2. The second-order valence-corrected chi connectivity index (χ2v) is 7.94. The second-order valence-electron chi connectivity index (χ2n) is 6.64. The van der Waals surface area contributed by atoms with E-state index in [0.29, 0.717) is 21.8 Å². The van der Waals surface area contributed by atoms with Crippen molar-refractivity contribution in [2.45, 2.75) is 23.9 Å². The monoisotopic (exact) mass is 426 g/mol. The Labute approximate surface area is 174 Å². The van der Waals surface area contributed by atoms with Crippen LogP contribution in [0.4, 0.5) is 8.78 Å². The number of carbonyl (C=O) groups is 1. The molecule has 30 heavy (non-hydrogen) atoms. The van der Waals surface area contributed by atoms with E-state index < -0.39 is 22.7 Å². The van der Waals surface area contributed by atoms with E-state index in [1.807, 2.05) is 0 Å². The van der Waals surface area contributed by atoms with Gasteiger partial charge in [-0.25, -0.2) is 13.8 Å². The molecule has 4 aromatic rings. The van der Waals surface area contributed by atoms with Crippen molar-refractivity contribution >= 4 is 28.4 Å². The molecule has 2 aromatic heterocycles. The maximum absolute atomic E-state index is 13.5. The zero-order chi connectivity index (χ0) is 21.3. The molecule has 152 valence electrons. The van der Waals surface area contributed by atoms with Crippen molar-refractivity contribution in [2.75, 3.05) is 0 Å². The van der Waals surface area contributed by atoms with Crippen LogP contribution in [0.15, 0.2) is 75.2 Å². The Kier molecular flexibility index (Phi) is 5.50. The Balaban J connectivity index is 1.72. The van der Waals surface area contributed by atoms with Gasteiger partial charge < -0.3 is 4.42 Å². The first-order valence-electron chi connectivity index (χ1n) is 9.12. The molecule has 0 saturated carbocycles. The number of carbonyl (C=O) groups excluding carboxylic acids is 1. The van der Waals surface area contributed by atoms with Crippen LogP contribution in [-0.2, 0) is 6.54 Å². The lowest BCUT2D eigenvalue weighted by molar-refractivity contribution is 0.0993. The van der Waals surface area contributed by atoms with Crippen LogP contribution in [0.3, 0.4) is 0 Å². The molecule has 0 spiro atoms. The number of hydrogen-bond donors (Lipinski definition) is 0. The highest BCUT2D eigenvalue weighted by atomic mass is 32.2. The van der Waals surface area contributed by atoms with E-state index in [9.17, 15) is 18.4 Å². The highest BCUT2D eigenvalue weighted by Gasteiger charge is 2.22. The average molecular weight is 426 g/mol. The van der Waals surface area contributed by atoms with Crippen molar-refractivity contribution in [1.82, 2.24) is 9.55 Å². The van der Waals surface area contributed by atoms with Crippen LogP contribution in [-0.4, -0.2) is 20.6 Å². The minimum absolute atomic E-state index is 0.0506. The van der Waals surface area contributed by atoms with Crippen molar-refractivity contribution in [3.63, 3.8) is 0 Å². The SMILES string of the molecule is CC(Sc1nc2ccccc2c(=O)n1Cc1ccco1)C(=O)c1ccc(F)c(F)c1. The Morgan fingerprint density at radius 3 is 2.67 bits per heavy atom. The first-order chi connectivity index (χ1) is 14.4. The number of halogens is 2. The molecule has 0 saturated heterocycles. The molecule has 4 rings (SSSR count). The average Bonchev–Trinajstić information content (AvgIpc) is 3.25. The molecule has 8 heteroatoms. The van der Waals surface area contributed by atoms with Crippen molar-refractivity contribution in [3.8, 4) is 0 Å². The van der Waals surface area contributed by atoms with Gasteiger partial charge in [-0.1, -0.05) is 23.9 Å². The van der Waals surface area contributed by atoms with E-state index in [-0.39, 0.29) is 17.7 Å². The number of para-hydroxylation sites is 1. The molecule has 0 aliphatic rings. The predicted molar refractivity (Wildman–Crippen MR) is 110 cm³/mol. The summed E-state index contributed by atoms with van der Waals surface area (Å²) in [5, 5.41) is 0.0947. The normalized spacial score (nSPS) is 12.2. The fraction of sp³-hybridized carbons (Fsp3) is 0.136. The maximum Gasteiger partial charge on any atom is 0.262 e. The lowest BCUT2D eigenvalue weighted by atomic mass is 10.1. The number of thioether (sulfide) groups is 1. The third-order valence-electron chi connectivity index (χ3n) is 4.58. The molecule has 0 radical (unpaired) electrons. The highest BCUT2D eigenvalue weighted by Crippen LogP contribution is 2.26. The fourth-order valence-corrected chi connectivity index (χ4v) is 4.02. The zero-order valence-corrected chi connectivity index (χ0v) is 16.7. The summed E-state index contributed by atoms with van der Waals surface area (Å²) in [4.78, 5) is 30.4. The summed E-state index contributed by atoms with van der Waals surface area (Å²) < 4.78 is 33.5. The number of hydrogen-bond acceptors (Lipinski definition) is 5. The first kappa shape index (κ1) is 20.0. The molecule has 0 bridgehead atoms. The lowest BCUT2D eigenvalue weighted by Gasteiger charge is -2.15. The highest BCUT2D eigenvalue weighted by molar-refractivity contribution is 8.00. The van der Waals surface area contributed by atoms with Gasteiger partial charge in [-0.05, 0) is 49.4 Å². The van der Waals surface area contributed by atoms with Crippen LogP contribution in [0.5, 0.6) is 0 Å². The smallest absolute Gasteiger partial charge is 0.262 e. The summed E-state index contributed by atoms with van der Waals surface area (Å²) in [5.74, 6) is -1.94. The molecular weight excluding hydrogens is 410 g/mol. The number of nitrogens with zero attached hydrogens (tertiary/aromatic N) is 2. The number of Topliss-reactive ketones (excluding diaryl/α,β-unsaturated/α-hetero) is 1. The van der Waals surface area contributed by atoms with Crippen LogP contribution < -0.4 is 5.56 Å². The van der Waals surface area contributed by atoms with Crippen molar-refractivity contribution < 1.29 is 18.0 Å². The largest absolute Gasteiger partial charge is 0.467 e. The molecule has 0 aliphatic carbocycles. The van der Waals surface area contributed by atoms with E-state index in [0.717, 1.165) is 23.9 Å². The molecular formula is C22H16F2N2O3S. The van der Waals surface area contributed by atoms with Crippen LogP contribution in [0.1, 0.15) is 23.0 Å². The van der Waals surface area contributed by atoms with Gasteiger partial charge in [-0.2, -0.15) is 0 Å². The summed E-state index contributed by atoms with van der Waals surface area (Å²) in [5.41, 5.74) is 0.301. The van der Waals surface area contributed by atoms with Crippen molar-refractivity contribution in [1.29, 1.82) is 0 Å². The Morgan fingerprint density at radius 2 is 1.93 bits per heavy atom. The van der Waals surface area contributed by atoms with Crippen LogP contribution >= 0.6 is 11.8 Å². The molecule has 0 amide bonds. The van der Waals surface area contributed by atoms with E-state index in [4.69, 9.17) is 4.42 Å². The number of fused-ring (bicyclic) bond motifs is 1. The quantitative estimate of drug-likeness (QED) is 0.254. The van der Waals surface area contributed by atoms with Crippen LogP contribution in [0, 0.1) is 11.6 Å². The summed E-state index contributed by atoms with van der Waals surface area (Å²) in [6.45, 7) is 1.78.